The number of carbonyl (C=O) groups excluding carboxylic acids is 1. The van der Waals surface area contributed by atoms with Crippen LogP contribution in [-0.4, -0.2) is 12.5 Å². The lowest BCUT2D eigenvalue weighted by atomic mass is 9.88. The van der Waals surface area contributed by atoms with Crippen LogP contribution in [0.1, 0.15) is 30.6 Å². The van der Waals surface area contributed by atoms with Crippen LogP contribution in [0.5, 0.6) is 0 Å². The average Bonchev–Trinajstić information content (AvgIpc) is 3.05. The maximum atomic E-state index is 12.1. The molecule has 0 aliphatic heterocycles. The summed E-state index contributed by atoms with van der Waals surface area (Å²) in [5.41, 5.74) is 0. The van der Waals surface area contributed by atoms with E-state index in [-0.39, 0.29) is 0 Å². The fourth-order valence-corrected chi connectivity index (χ4v) is 4.17. The zero-order valence-corrected chi connectivity index (χ0v) is 10.8. The molecule has 0 spiro atoms. The second kappa shape index (κ2) is 4.81. The molecule has 2 nitrogen and oxygen atoms in total. The van der Waals surface area contributed by atoms with Gasteiger partial charge in [-0.05, 0) is 49.0 Å². The molecule has 1 amide bonds. The molecule has 2 fully saturated rings. The van der Waals surface area contributed by atoms with Crippen molar-refractivity contribution in [3.05, 3.63) is 22.4 Å². The van der Waals surface area contributed by atoms with Crippen LogP contribution in [-0.2, 0) is 11.2 Å². The minimum absolute atomic E-state index is 0.314. The van der Waals surface area contributed by atoms with E-state index in [2.05, 4.69) is 22.8 Å². The monoisotopic (exact) mass is 249 g/mol. The molecule has 3 heteroatoms. The molecule has 0 saturated heterocycles. The average molecular weight is 249 g/mol. The molecule has 2 saturated carbocycles. The fourth-order valence-electron chi connectivity index (χ4n) is 3.46. The van der Waals surface area contributed by atoms with E-state index in [1.807, 2.05) is 0 Å². The molecule has 2 aliphatic rings. The highest BCUT2D eigenvalue weighted by Gasteiger charge is 2.42. The second-order valence-electron chi connectivity index (χ2n) is 5.40. The van der Waals surface area contributed by atoms with E-state index >= 15 is 0 Å². The van der Waals surface area contributed by atoms with Gasteiger partial charge in [0.1, 0.15) is 0 Å². The summed E-state index contributed by atoms with van der Waals surface area (Å²) in [5, 5.41) is 5.21. The quantitative estimate of drug-likeness (QED) is 0.873. The first kappa shape index (κ1) is 11.3. The van der Waals surface area contributed by atoms with Crippen molar-refractivity contribution in [3.8, 4) is 0 Å². The summed E-state index contributed by atoms with van der Waals surface area (Å²) >= 11 is 1.77. The Labute approximate surface area is 106 Å². The van der Waals surface area contributed by atoms with Crippen molar-refractivity contribution < 1.29 is 4.79 Å². The lowest BCUT2D eigenvalue weighted by Crippen LogP contribution is -2.34. The zero-order valence-electron chi connectivity index (χ0n) is 10.0. The predicted octanol–water partition coefficient (Wildman–Crippen LogP) is 2.84. The van der Waals surface area contributed by atoms with Gasteiger partial charge < -0.3 is 5.32 Å². The summed E-state index contributed by atoms with van der Waals surface area (Å²) in [6.07, 6.45) is 6.08. The molecule has 3 atom stereocenters. The number of fused-ring (bicyclic) bond motifs is 2. The first-order valence-corrected chi connectivity index (χ1v) is 7.51. The van der Waals surface area contributed by atoms with Crippen molar-refractivity contribution in [1.29, 1.82) is 0 Å². The molecule has 0 unspecified atom stereocenters. The van der Waals surface area contributed by atoms with Crippen LogP contribution in [0.3, 0.4) is 0 Å². The number of hydrogen-bond acceptors (Lipinski definition) is 2. The van der Waals surface area contributed by atoms with E-state index in [1.54, 1.807) is 11.3 Å². The van der Waals surface area contributed by atoms with Gasteiger partial charge in [0, 0.05) is 17.3 Å². The van der Waals surface area contributed by atoms with E-state index in [1.165, 1.54) is 24.1 Å². The first-order valence-electron chi connectivity index (χ1n) is 6.63. The van der Waals surface area contributed by atoms with E-state index in [9.17, 15) is 4.79 Å². The van der Waals surface area contributed by atoms with Gasteiger partial charge in [0.25, 0.3) is 0 Å². The highest BCUT2D eigenvalue weighted by Crippen LogP contribution is 2.48. The Morgan fingerprint density at radius 1 is 1.41 bits per heavy atom. The maximum absolute atomic E-state index is 12.1. The minimum Gasteiger partial charge on any atom is -0.355 e. The first-order chi connectivity index (χ1) is 8.33. The van der Waals surface area contributed by atoms with Gasteiger partial charge in [-0.2, -0.15) is 0 Å². The van der Waals surface area contributed by atoms with Crippen LogP contribution < -0.4 is 5.32 Å². The third-order valence-corrected chi connectivity index (χ3v) is 5.26. The number of thiophene rings is 1. The van der Waals surface area contributed by atoms with Gasteiger partial charge in [0.05, 0.1) is 0 Å². The lowest BCUT2D eigenvalue weighted by Gasteiger charge is -2.20. The largest absolute Gasteiger partial charge is 0.355 e. The number of hydrogen-bond donors (Lipinski definition) is 1. The third-order valence-electron chi connectivity index (χ3n) is 4.33. The Bertz CT molecular complexity index is 387. The van der Waals surface area contributed by atoms with Crippen molar-refractivity contribution in [1.82, 2.24) is 5.32 Å². The van der Waals surface area contributed by atoms with Crippen LogP contribution >= 0.6 is 11.3 Å². The Hall–Kier alpha value is -0.830. The minimum atomic E-state index is 0.314. The normalized spacial score (nSPS) is 30.7. The summed E-state index contributed by atoms with van der Waals surface area (Å²) in [7, 11) is 0. The van der Waals surface area contributed by atoms with Crippen molar-refractivity contribution in [2.75, 3.05) is 6.54 Å². The molecule has 1 heterocycles. The van der Waals surface area contributed by atoms with Gasteiger partial charge in [0.15, 0.2) is 0 Å². The molecule has 3 rings (SSSR count). The molecule has 1 N–H and O–H groups in total. The van der Waals surface area contributed by atoms with E-state index in [4.69, 9.17) is 0 Å². The molecule has 0 radical (unpaired) electrons. The number of rotatable bonds is 4. The summed E-state index contributed by atoms with van der Waals surface area (Å²) < 4.78 is 0. The number of nitrogens with one attached hydrogen (secondary N) is 1. The summed E-state index contributed by atoms with van der Waals surface area (Å²) in [5.74, 6) is 2.20. The Kier molecular flexibility index (Phi) is 3.19. The van der Waals surface area contributed by atoms with Crippen molar-refractivity contribution in [2.24, 2.45) is 17.8 Å². The summed E-state index contributed by atoms with van der Waals surface area (Å²) in [6.45, 7) is 0.799. The molecule has 1 aromatic heterocycles. The van der Waals surface area contributed by atoms with Crippen LogP contribution in [0.15, 0.2) is 17.5 Å². The lowest BCUT2D eigenvalue weighted by molar-refractivity contribution is -0.126. The van der Waals surface area contributed by atoms with Gasteiger partial charge >= 0.3 is 0 Å². The van der Waals surface area contributed by atoms with Crippen LogP contribution in [0.2, 0.25) is 0 Å². The smallest absolute Gasteiger partial charge is 0.223 e. The number of carbonyl (C=O) groups is 1. The Balaban J connectivity index is 1.45. The van der Waals surface area contributed by atoms with E-state index in [0.29, 0.717) is 17.7 Å². The van der Waals surface area contributed by atoms with E-state index in [0.717, 1.165) is 25.3 Å². The van der Waals surface area contributed by atoms with Gasteiger partial charge in [-0.25, -0.2) is 0 Å². The van der Waals surface area contributed by atoms with Crippen molar-refractivity contribution >= 4 is 17.2 Å². The molecular formula is C14H19NOS. The third kappa shape index (κ3) is 2.39. The molecule has 2 bridgehead atoms. The molecule has 17 heavy (non-hydrogen) atoms. The Morgan fingerprint density at radius 3 is 3.00 bits per heavy atom. The predicted molar refractivity (Wildman–Crippen MR) is 70.0 cm³/mol. The highest BCUT2D eigenvalue weighted by atomic mass is 32.1. The zero-order chi connectivity index (χ0) is 11.7. The Morgan fingerprint density at radius 2 is 2.35 bits per heavy atom. The van der Waals surface area contributed by atoms with Crippen LogP contribution in [0.4, 0.5) is 0 Å². The fraction of sp³-hybridized carbons (Fsp3) is 0.643. The topological polar surface area (TPSA) is 29.1 Å². The summed E-state index contributed by atoms with van der Waals surface area (Å²) in [6, 6.07) is 4.20. The van der Waals surface area contributed by atoms with Gasteiger partial charge in [-0.3, -0.25) is 4.79 Å². The highest BCUT2D eigenvalue weighted by molar-refractivity contribution is 7.09. The molecular weight excluding hydrogens is 230 g/mol. The summed E-state index contributed by atoms with van der Waals surface area (Å²) in [4.78, 5) is 13.4. The van der Waals surface area contributed by atoms with Crippen LogP contribution in [0.25, 0.3) is 0 Å². The van der Waals surface area contributed by atoms with Crippen LogP contribution in [0, 0.1) is 17.8 Å². The van der Waals surface area contributed by atoms with Gasteiger partial charge in [0.2, 0.25) is 5.91 Å². The van der Waals surface area contributed by atoms with Crippen molar-refractivity contribution in [3.63, 3.8) is 0 Å². The second-order valence-corrected chi connectivity index (χ2v) is 6.43. The van der Waals surface area contributed by atoms with Gasteiger partial charge in [-0.15, -0.1) is 11.3 Å². The number of amides is 1. The van der Waals surface area contributed by atoms with E-state index < -0.39 is 0 Å². The SMILES string of the molecule is O=C(NCCc1cccs1)[C@H]1C[C@H]2CC[C@H]1C2. The molecule has 1 aromatic rings. The molecule has 2 aliphatic carbocycles. The standard InChI is InChI=1S/C14H19NOS/c16-14(13-9-10-3-4-11(13)8-10)15-6-5-12-2-1-7-17-12/h1-2,7,10-11,13H,3-6,8-9H2,(H,15,16)/t10-,11-,13-/m0/s1. The maximum Gasteiger partial charge on any atom is 0.223 e. The van der Waals surface area contributed by atoms with Gasteiger partial charge in [-0.1, -0.05) is 12.5 Å². The molecule has 92 valence electrons. The van der Waals surface area contributed by atoms with Crippen molar-refractivity contribution in [2.45, 2.75) is 32.1 Å². The molecule has 0 aromatic carbocycles.